The summed E-state index contributed by atoms with van der Waals surface area (Å²) in [7, 11) is 0. The molecule has 0 bridgehead atoms. The van der Waals surface area contributed by atoms with Crippen molar-refractivity contribution < 1.29 is 4.79 Å². The molecule has 5 heteroatoms. The minimum atomic E-state index is -0.0980. The van der Waals surface area contributed by atoms with Crippen LogP contribution in [0.15, 0.2) is 67.0 Å². The van der Waals surface area contributed by atoms with Crippen molar-refractivity contribution >= 4 is 28.8 Å². The number of fused-ring (bicyclic) bond motifs is 1. The number of nitrogens with zero attached hydrogens (tertiary/aromatic N) is 2. The van der Waals surface area contributed by atoms with Gasteiger partial charge in [-0.05, 0) is 48.7 Å². The molecule has 0 radical (unpaired) electrons. The molecular weight excluding hydrogens is 370 g/mol. The number of amides is 1. The SMILES string of the molecule is Cc1ccc(-c2cn3cccc(C)c3n2)cc1NC(=O)Cc1ccccc1Cl. The number of aryl methyl sites for hydroxylation is 2. The molecule has 1 amide bonds. The van der Waals surface area contributed by atoms with E-state index >= 15 is 0 Å². The maximum Gasteiger partial charge on any atom is 0.228 e. The van der Waals surface area contributed by atoms with Gasteiger partial charge in [0.15, 0.2) is 0 Å². The van der Waals surface area contributed by atoms with Crippen molar-refractivity contribution in [2.75, 3.05) is 5.32 Å². The minimum Gasteiger partial charge on any atom is -0.326 e. The van der Waals surface area contributed by atoms with Gasteiger partial charge in [-0.2, -0.15) is 0 Å². The van der Waals surface area contributed by atoms with E-state index in [0.717, 1.165) is 39.3 Å². The molecule has 4 nitrogen and oxygen atoms in total. The third kappa shape index (κ3) is 3.64. The van der Waals surface area contributed by atoms with E-state index in [1.807, 2.05) is 79.2 Å². The van der Waals surface area contributed by atoms with Crippen LogP contribution in [0, 0.1) is 13.8 Å². The first kappa shape index (κ1) is 18.3. The van der Waals surface area contributed by atoms with E-state index in [1.54, 1.807) is 6.07 Å². The van der Waals surface area contributed by atoms with Crippen molar-refractivity contribution in [3.05, 3.63) is 88.7 Å². The lowest BCUT2D eigenvalue weighted by molar-refractivity contribution is -0.115. The highest BCUT2D eigenvalue weighted by Gasteiger charge is 2.11. The zero-order valence-electron chi connectivity index (χ0n) is 15.7. The molecule has 4 rings (SSSR count). The van der Waals surface area contributed by atoms with Gasteiger partial charge in [0.1, 0.15) is 5.65 Å². The summed E-state index contributed by atoms with van der Waals surface area (Å²) in [6.07, 6.45) is 4.22. The molecule has 140 valence electrons. The highest BCUT2D eigenvalue weighted by atomic mass is 35.5. The summed E-state index contributed by atoms with van der Waals surface area (Å²) in [4.78, 5) is 17.3. The van der Waals surface area contributed by atoms with E-state index in [2.05, 4.69) is 5.32 Å². The molecule has 0 spiro atoms. The lowest BCUT2D eigenvalue weighted by atomic mass is 10.1. The summed E-state index contributed by atoms with van der Waals surface area (Å²) >= 11 is 6.17. The Labute approximate surface area is 168 Å². The number of imidazole rings is 1. The second-order valence-electron chi connectivity index (χ2n) is 6.89. The average Bonchev–Trinajstić information content (AvgIpc) is 3.11. The number of aromatic nitrogens is 2. The smallest absolute Gasteiger partial charge is 0.228 e. The van der Waals surface area contributed by atoms with Crippen molar-refractivity contribution in [3.8, 4) is 11.3 Å². The number of rotatable bonds is 4. The zero-order valence-corrected chi connectivity index (χ0v) is 16.5. The Morgan fingerprint density at radius 2 is 1.89 bits per heavy atom. The Hall–Kier alpha value is -3.11. The Kier molecular flexibility index (Phi) is 4.88. The predicted octanol–water partition coefficient (Wildman–Crippen LogP) is 5.45. The first-order valence-electron chi connectivity index (χ1n) is 9.10. The number of hydrogen-bond acceptors (Lipinski definition) is 2. The molecular formula is C23H20ClN3O. The fraction of sp³-hybridized carbons (Fsp3) is 0.130. The molecule has 2 heterocycles. The molecule has 0 aliphatic rings. The maximum absolute atomic E-state index is 12.5. The van der Waals surface area contributed by atoms with Gasteiger partial charge >= 0.3 is 0 Å². The van der Waals surface area contributed by atoms with Crippen LogP contribution in [0.25, 0.3) is 16.9 Å². The molecule has 4 aromatic rings. The van der Waals surface area contributed by atoms with Crippen LogP contribution in [-0.2, 0) is 11.2 Å². The van der Waals surface area contributed by atoms with Gasteiger partial charge in [-0.15, -0.1) is 0 Å². The van der Waals surface area contributed by atoms with Gasteiger partial charge in [-0.1, -0.05) is 48.0 Å². The summed E-state index contributed by atoms with van der Waals surface area (Å²) in [5.74, 6) is -0.0980. The topological polar surface area (TPSA) is 46.4 Å². The fourth-order valence-electron chi connectivity index (χ4n) is 3.22. The van der Waals surface area contributed by atoms with E-state index in [0.29, 0.717) is 5.02 Å². The summed E-state index contributed by atoms with van der Waals surface area (Å²) in [6.45, 7) is 4.02. The largest absolute Gasteiger partial charge is 0.326 e. The second kappa shape index (κ2) is 7.49. The van der Waals surface area contributed by atoms with Crippen LogP contribution >= 0.6 is 11.6 Å². The Balaban J connectivity index is 1.60. The van der Waals surface area contributed by atoms with E-state index < -0.39 is 0 Å². The molecule has 1 N–H and O–H groups in total. The molecule has 0 aliphatic heterocycles. The van der Waals surface area contributed by atoms with Crippen LogP contribution in [0.2, 0.25) is 5.02 Å². The maximum atomic E-state index is 12.5. The Morgan fingerprint density at radius 1 is 1.07 bits per heavy atom. The van der Waals surface area contributed by atoms with Crippen molar-refractivity contribution in [1.29, 1.82) is 0 Å². The second-order valence-corrected chi connectivity index (χ2v) is 7.30. The van der Waals surface area contributed by atoms with Crippen molar-refractivity contribution in [2.24, 2.45) is 0 Å². The number of pyridine rings is 1. The lowest BCUT2D eigenvalue weighted by Gasteiger charge is -2.10. The third-order valence-electron chi connectivity index (χ3n) is 4.79. The summed E-state index contributed by atoms with van der Waals surface area (Å²) in [6, 6.07) is 17.4. The number of halogens is 1. The molecule has 0 aliphatic carbocycles. The molecule has 0 saturated heterocycles. The molecule has 0 saturated carbocycles. The van der Waals surface area contributed by atoms with Crippen LogP contribution < -0.4 is 5.32 Å². The molecule has 0 unspecified atom stereocenters. The fourth-order valence-corrected chi connectivity index (χ4v) is 3.42. The molecule has 0 atom stereocenters. The standard InChI is InChI=1S/C23H20ClN3O/c1-15-9-10-18(21-14-27-11-5-6-16(2)23(27)26-21)12-20(15)25-22(28)13-17-7-3-4-8-19(17)24/h3-12,14H,13H2,1-2H3,(H,25,28). The van der Waals surface area contributed by atoms with Gasteiger partial charge in [0, 0.05) is 28.7 Å². The molecule has 28 heavy (non-hydrogen) atoms. The van der Waals surface area contributed by atoms with Gasteiger partial charge in [0.05, 0.1) is 12.1 Å². The monoisotopic (exact) mass is 389 g/mol. The van der Waals surface area contributed by atoms with E-state index in [9.17, 15) is 4.79 Å². The number of benzene rings is 2. The summed E-state index contributed by atoms with van der Waals surface area (Å²) < 4.78 is 2.01. The molecule has 2 aromatic heterocycles. The minimum absolute atomic E-state index is 0.0980. The first-order chi connectivity index (χ1) is 13.5. The number of nitrogens with one attached hydrogen (secondary N) is 1. The van der Waals surface area contributed by atoms with E-state index in [1.165, 1.54) is 0 Å². The van der Waals surface area contributed by atoms with Crippen LogP contribution in [0.4, 0.5) is 5.69 Å². The molecule has 2 aromatic carbocycles. The van der Waals surface area contributed by atoms with Crippen LogP contribution in [0.3, 0.4) is 0 Å². The van der Waals surface area contributed by atoms with Crippen LogP contribution in [0.1, 0.15) is 16.7 Å². The highest BCUT2D eigenvalue weighted by molar-refractivity contribution is 6.31. The Morgan fingerprint density at radius 3 is 2.68 bits per heavy atom. The van der Waals surface area contributed by atoms with E-state index in [-0.39, 0.29) is 12.3 Å². The number of hydrogen-bond donors (Lipinski definition) is 1. The van der Waals surface area contributed by atoms with Gasteiger partial charge in [0.25, 0.3) is 0 Å². The number of carbonyl (C=O) groups excluding carboxylic acids is 1. The Bertz CT molecular complexity index is 1180. The van der Waals surface area contributed by atoms with E-state index in [4.69, 9.17) is 16.6 Å². The first-order valence-corrected chi connectivity index (χ1v) is 9.47. The number of carbonyl (C=O) groups is 1. The van der Waals surface area contributed by atoms with Gasteiger partial charge < -0.3 is 9.72 Å². The molecule has 0 fully saturated rings. The average molecular weight is 390 g/mol. The normalized spacial score (nSPS) is 11.0. The van der Waals surface area contributed by atoms with Gasteiger partial charge in [0.2, 0.25) is 5.91 Å². The summed E-state index contributed by atoms with van der Waals surface area (Å²) in [5, 5.41) is 3.61. The predicted molar refractivity (Wildman–Crippen MR) is 114 cm³/mol. The van der Waals surface area contributed by atoms with Crippen LogP contribution in [0.5, 0.6) is 0 Å². The van der Waals surface area contributed by atoms with Crippen molar-refractivity contribution in [3.63, 3.8) is 0 Å². The van der Waals surface area contributed by atoms with Gasteiger partial charge in [-0.25, -0.2) is 4.98 Å². The summed E-state index contributed by atoms with van der Waals surface area (Å²) in [5.41, 5.74) is 6.47. The van der Waals surface area contributed by atoms with Crippen molar-refractivity contribution in [1.82, 2.24) is 9.38 Å². The highest BCUT2D eigenvalue weighted by Crippen LogP contribution is 2.26. The zero-order chi connectivity index (χ0) is 19.7. The quantitative estimate of drug-likeness (QED) is 0.504. The van der Waals surface area contributed by atoms with Gasteiger partial charge in [-0.3, -0.25) is 4.79 Å². The third-order valence-corrected chi connectivity index (χ3v) is 5.16. The van der Waals surface area contributed by atoms with Crippen LogP contribution in [-0.4, -0.2) is 15.3 Å². The lowest BCUT2D eigenvalue weighted by Crippen LogP contribution is -2.15. The van der Waals surface area contributed by atoms with Crippen molar-refractivity contribution in [2.45, 2.75) is 20.3 Å². The number of anilines is 1.